The van der Waals surface area contributed by atoms with E-state index in [4.69, 9.17) is 10.5 Å². The number of nitrogens with one attached hydrogen (secondary N) is 1. The second-order valence-electron chi connectivity index (χ2n) is 8.91. The van der Waals surface area contributed by atoms with Crippen LogP contribution in [0.5, 0.6) is 5.75 Å². The molecule has 0 spiro atoms. The van der Waals surface area contributed by atoms with Crippen LogP contribution in [0, 0.1) is 0 Å². The minimum absolute atomic E-state index is 0.277. The second-order valence-corrected chi connectivity index (χ2v) is 8.91. The maximum absolute atomic E-state index is 13.7. The number of primary amides is 1. The number of hydrogen-bond acceptors (Lipinski definition) is 3. The van der Waals surface area contributed by atoms with Crippen LogP contribution < -0.4 is 15.8 Å². The van der Waals surface area contributed by atoms with Crippen molar-refractivity contribution >= 4 is 11.8 Å². The van der Waals surface area contributed by atoms with Crippen LogP contribution in [-0.4, -0.2) is 17.9 Å². The monoisotopic (exact) mass is 478 g/mol. The molecule has 5 nitrogen and oxygen atoms in total. The normalized spacial score (nSPS) is 11.9. The van der Waals surface area contributed by atoms with Crippen molar-refractivity contribution < 1.29 is 14.3 Å². The minimum atomic E-state index is -0.995. The van der Waals surface area contributed by atoms with E-state index in [0.717, 1.165) is 28.0 Å². The number of benzene rings is 4. The van der Waals surface area contributed by atoms with E-state index in [-0.39, 0.29) is 12.3 Å². The van der Waals surface area contributed by atoms with Gasteiger partial charge >= 0.3 is 0 Å². The lowest BCUT2D eigenvalue weighted by molar-refractivity contribution is -0.129. The first-order chi connectivity index (χ1) is 17.5. The molecule has 0 aliphatic carbocycles. The molecule has 4 aromatic rings. The van der Waals surface area contributed by atoms with Gasteiger partial charge in [0.05, 0.1) is 5.41 Å². The fourth-order valence-corrected chi connectivity index (χ4v) is 4.20. The molecule has 0 fully saturated rings. The van der Waals surface area contributed by atoms with Crippen molar-refractivity contribution in [2.45, 2.75) is 31.4 Å². The first-order valence-corrected chi connectivity index (χ1v) is 11.9. The Balaban J connectivity index is 1.48. The molecule has 1 atom stereocenters. The standard InChI is InChI=1S/C31H30N2O3/c1-31(25-13-7-3-8-14-25,26-15-9-4-10-16-26)30(35)33-28(29(32)34)21-23-17-19-27(20-18-23)36-22-24-11-5-2-6-12-24/h2-20,28H,21-22H2,1H3,(H2,32,34)(H,33,35)/t28-/m1/s1. The van der Waals surface area contributed by atoms with Crippen LogP contribution in [0.15, 0.2) is 115 Å². The maximum Gasteiger partial charge on any atom is 0.240 e. The highest BCUT2D eigenvalue weighted by Crippen LogP contribution is 2.32. The summed E-state index contributed by atoms with van der Waals surface area (Å²) >= 11 is 0. The molecule has 0 aromatic heterocycles. The summed E-state index contributed by atoms with van der Waals surface area (Å²) in [6.45, 7) is 2.33. The first kappa shape index (κ1) is 24.7. The summed E-state index contributed by atoms with van der Waals surface area (Å²) < 4.78 is 5.85. The van der Waals surface area contributed by atoms with Crippen LogP contribution in [0.1, 0.15) is 29.2 Å². The number of amides is 2. The predicted octanol–water partition coefficient (Wildman–Crippen LogP) is 4.78. The molecule has 182 valence electrons. The Kier molecular flexibility index (Phi) is 7.81. The zero-order valence-electron chi connectivity index (χ0n) is 20.3. The van der Waals surface area contributed by atoms with E-state index in [1.54, 1.807) is 0 Å². The third-order valence-corrected chi connectivity index (χ3v) is 6.42. The lowest BCUT2D eigenvalue weighted by atomic mass is 9.75. The van der Waals surface area contributed by atoms with Gasteiger partial charge in [-0.2, -0.15) is 0 Å². The zero-order valence-corrected chi connectivity index (χ0v) is 20.3. The summed E-state index contributed by atoms with van der Waals surface area (Å²) in [6, 6.07) is 35.6. The van der Waals surface area contributed by atoms with Gasteiger partial charge in [0.1, 0.15) is 18.4 Å². The van der Waals surface area contributed by atoms with Crippen LogP contribution in [0.2, 0.25) is 0 Å². The number of rotatable bonds is 10. The van der Waals surface area contributed by atoms with E-state index in [1.165, 1.54) is 0 Å². The Morgan fingerprint density at radius 3 is 1.75 bits per heavy atom. The Morgan fingerprint density at radius 2 is 1.25 bits per heavy atom. The van der Waals surface area contributed by atoms with Crippen LogP contribution in [0.4, 0.5) is 0 Å². The Labute approximate surface area is 211 Å². The van der Waals surface area contributed by atoms with Gasteiger partial charge in [-0.3, -0.25) is 9.59 Å². The quantitative estimate of drug-likeness (QED) is 0.344. The zero-order chi connectivity index (χ0) is 25.4. The lowest BCUT2D eigenvalue weighted by Crippen LogP contribution is -2.52. The molecule has 0 radical (unpaired) electrons. The molecule has 4 rings (SSSR count). The third-order valence-electron chi connectivity index (χ3n) is 6.42. The molecule has 0 bridgehead atoms. The Morgan fingerprint density at radius 1 is 0.750 bits per heavy atom. The average molecular weight is 479 g/mol. The average Bonchev–Trinajstić information content (AvgIpc) is 2.93. The van der Waals surface area contributed by atoms with Gasteiger partial charge in [0.15, 0.2) is 0 Å². The highest BCUT2D eigenvalue weighted by molar-refractivity contribution is 5.95. The van der Waals surface area contributed by atoms with E-state index < -0.39 is 17.4 Å². The maximum atomic E-state index is 13.7. The van der Waals surface area contributed by atoms with Gasteiger partial charge in [-0.25, -0.2) is 0 Å². The van der Waals surface area contributed by atoms with E-state index in [9.17, 15) is 9.59 Å². The van der Waals surface area contributed by atoms with Crippen LogP contribution in [0.3, 0.4) is 0 Å². The second kappa shape index (κ2) is 11.4. The SMILES string of the molecule is CC(C(=O)N[C@H](Cc1ccc(OCc2ccccc2)cc1)C(N)=O)(c1ccccc1)c1ccccc1. The van der Waals surface area contributed by atoms with Crippen molar-refractivity contribution in [2.75, 3.05) is 0 Å². The molecular formula is C31H30N2O3. The number of carbonyl (C=O) groups is 2. The van der Waals surface area contributed by atoms with Gasteiger partial charge in [-0.05, 0) is 41.3 Å². The van der Waals surface area contributed by atoms with Gasteiger partial charge in [-0.15, -0.1) is 0 Å². The summed E-state index contributed by atoms with van der Waals surface area (Å²) in [6.07, 6.45) is 0.277. The molecule has 0 heterocycles. The number of nitrogens with two attached hydrogens (primary N) is 1. The molecule has 36 heavy (non-hydrogen) atoms. The van der Waals surface area contributed by atoms with E-state index in [1.807, 2.05) is 122 Å². The van der Waals surface area contributed by atoms with Gasteiger partial charge in [0.25, 0.3) is 0 Å². The van der Waals surface area contributed by atoms with Crippen LogP contribution in [0.25, 0.3) is 0 Å². The summed E-state index contributed by atoms with van der Waals surface area (Å²) in [5.41, 5.74) is 8.33. The van der Waals surface area contributed by atoms with Crippen LogP contribution >= 0.6 is 0 Å². The minimum Gasteiger partial charge on any atom is -0.489 e. The molecule has 5 heteroatoms. The molecule has 0 aliphatic heterocycles. The Bertz CT molecular complexity index is 1230. The first-order valence-electron chi connectivity index (χ1n) is 11.9. The topological polar surface area (TPSA) is 81.4 Å². The summed E-state index contributed by atoms with van der Waals surface area (Å²) in [5.74, 6) is -0.147. The number of carbonyl (C=O) groups excluding carboxylic acids is 2. The van der Waals surface area contributed by atoms with Crippen molar-refractivity contribution in [1.82, 2.24) is 5.32 Å². The van der Waals surface area contributed by atoms with Crippen molar-refractivity contribution in [3.05, 3.63) is 138 Å². The largest absolute Gasteiger partial charge is 0.489 e. The highest BCUT2D eigenvalue weighted by Gasteiger charge is 2.38. The number of hydrogen-bond donors (Lipinski definition) is 2. The lowest BCUT2D eigenvalue weighted by Gasteiger charge is -2.31. The summed E-state index contributed by atoms with van der Waals surface area (Å²) in [4.78, 5) is 26.1. The molecule has 4 aromatic carbocycles. The van der Waals surface area contributed by atoms with Gasteiger partial charge in [0.2, 0.25) is 11.8 Å². The highest BCUT2D eigenvalue weighted by atomic mass is 16.5. The molecule has 0 saturated heterocycles. The van der Waals surface area contributed by atoms with E-state index in [2.05, 4.69) is 5.32 Å². The van der Waals surface area contributed by atoms with Crippen LogP contribution in [-0.2, 0) is 28.0 Å². The van der Waals surface area contributed by atoms with Crippen molar-refractivity contribution in [2.24, 2.45) is 5.73 Å². The fraction of sp³-hybridized carbons (Fsp3) is 0.161. The third kappa shape index (κ3) is 5.81. The molecule has 0 unspecified atom stereocenters. The molecule has 0 saturated carbocycles. The summed E-state index contributed by atoms with van der Waals surface area (Å²) in [7, 11) is 0. The summed E-state index contributed by atoms with van der Waals surface area (Å²) in [5, 5.41) is 2.92. The van der Waals surface area contributed by atoms with Crippen molar-refractivity contribution in [1.29, 1.82) is 0 Å². The molecule has 0 aliphatic rings. The van der Waals surface area contributed by atoms with E-state index in [0.29, 0.717) is 6.61 Å². The molecule has 3 N–H and O–H groups in total. The Hall–Kier alpha value is -4.38. The van der Waals surface area contributed by atoms with Gasteiger partial charge in [-0.1, -0.05) is 103 Å². The fourth-order valence-electron chi connectivity index (χ4n) is 4.20. The molecule has 2 amide bonds. The predicted molar refractivity (Wildman–Crippen MR) is 141 cm³/mol. The van der Waals surface area contributed by atoms with Crippen molar-refractivity contribution in [3.63, 3.8) is 0 Å². The van der Waals surface area contributed by atoms with Crippen molar-refractivity contribution in [3.8, 4) is 5.75 Å². The number of ether oxygens (including phenoxy) is 1. The smallest absolute Gasteiger partial charge is 0.240 e. The molecular weight excluding hydrogens is 448 g/mol. The van der Waals surface area contributed by atoms with Gasteiger partial charge < -0.3 is 15.8 Å². The van der Waals surface area contributed by atoms with E-state index >= 15 is 0 Å². The van der Waals surface area contributed by atoms with Gasteiger partial charge in [0, 0.05) is 6.42 Å².